The van der Waals surface area contributed by atoms with Crippen LogP contribution in [-0.4, -0.2) is 24.5 Å². The van der Waals surface area contributed by atoms with Crippen LogP contribution in [0.25, 0.3) is 0 Å². The van der Waals surface area contributed by atoms with Gasteiger partial charge in [0.15, 0.2) is 11.6 Å². The standard InChI is InChI=1S/C33H25F10NO3/c1-18(2)46-28-15-21(8-9-27(28)36)31(17-19-6-4-3-5-7-19,22-12-25(35)16-26(14-22)47-33(42,43)30(37)38)44-29(45)20-10-23(32(39,40)41)13-24(34)11-20/h3-16,18,30H,17H2,1-2H3,(H,44,45). The smallest absolute Gasteiger partial charge is 0.461 e. The van der Waals surface area contributed by atoms with Gasteiger partial charge in [-0.2, -0.15) is 30.7 Å². The van der Waals surface area contributed by atoms with Crippen molar-refractivity contribution in [2.45, 2.75) is 50.6 Å². The quantitative estimate of drug-likeness (QED) is 0.162. The highest BCUT2D eigenvalue weighted by Crippen LogP contribution is 2.40. The molecule has 4 aromatic carbocycles. The molecule has 47 heavy (non-hydrogen) atoms. The lowest BCUT2D eigenvalue weighted by Gasteiger charge is -2.37. The summed E-state index contributed by atoms with van der Waals surface area (Å²) in [6.45, 7) is 3.12. The largest absolute Gasteiger partial charge is 0.488 e. The number of benzene rings is 4. The number of rotatable bonds is 11. The molecule has 4 aromatic rings. The van der Waals surface area contributed by atoms with E-state index in [1.165, 1.54) is 12.1 Å². The van der Waals surface area contributed by atoms with E-state index in [0.29, 0.717) is 29.8 Å². The minimum Gasteiger partial charge on any atom is -0.488 e. The molecule has 1 atom stereocenters. The maximum Gasteiger partial charge on any atom is 0.461 e. The minimum absolute atomic E-state index is 0.114. The second-order valence-corrected chi connectivity index (χ2v) is 10.7. The van der Waals surface area contributed by atoms with Crippen molar-refractivity contribution in [3.63, 3.8) is 0 Å². The Morgan fingerprint density at radius 1 is 0.766 bits per heavy atom. The zero-order chi connectivity index (χ0) is 34.7. The van der Waals surface area contributed by atoms with Gasteiger partial charge in [-0.05, 0) is 73.0 Å². The Morgan fingerprint density at radius 2 is 1.40 bits per heavy atom. The van der Waals surface area contributed by atoms with E-state index in [-0.39, 0.29) is 17.4 Å². The van der Waals surface area contributed by atoms with E-state index in [1.807, 2.05) is 0 Å². The van der Waals surface area contributed by atoms with Crippen LogP contribution in [0, 0.1) is 17.5 Å². The predicted octanol–water partition coefficient (Wildman–Crippen LogP) is 9.06. The highest BCUT2D eigenvalue weighted by atomic mass is 19.4. The number of hydrogen-bond donors (Lipinski definition) is 1. The molecule has 4 nitrogen and oxygen atoms in total. The van der Waals surface area contributed by atoms with Crippen molar-refractivity contribution in [3.8, 4) is 11.5 Å². The third-order valence-electron chi connectivity index (χ3n) is 6.79. The van der Waals surface area contributed by atoms with Crippen LogP contribution in [0.3, 0.4) is 0 Å². The molecule has 0 bridgehead atoms. The molecule has 0 saturated heterocycles. The number of hydrogen-bond acceptors (Lipinski definition) is 3. The lowest BCUT2D eigenvalue weighted by molar-refractivity contribution is -0.253. The first-order valence-corrected chi connectivity index (χ1v) is 13.8. The van der Waals surface area contributed by atoms with Gasteiger partial charge in [-0.25, -0.2) is 13.2 Å². The Balaban J connectivity index is 2.03. The van der Waals surface area contributed by atoms with Gasteiger partial charge in [-0.1, -0.05) is 36.4 Å². The maximum absolute atomic E-state index is 15.1. The van der Waals surface area contributed by atoms with Crippen LogP contribution in [0.4, 0.5) is 43.9 Å². The van der Waals surface area contributed by atoms with E-state index in [0.717, 1.165) is 24.3 Å². The van der Waals surface area contributed by atoms with Gasteiger partial charge in [0, 0.05) is 18.1 Å². The fourth-order valence-electron chi connectivity index (χ4n) is 4.79. The van der Waals surface area contributed by atoms with Gasteiger partial charge < -0.3 is 14.8 Å². The Kier molecular flexibility index (Phi) is 10.1. The van der Waals surface area contributed by atoms with Crippen LogP contribution in [0.15, 0.2) is 84.9 Å². The normalized spacial score (nSPS) is 13.4. The van der Waals surface area contributed by atoms with Crippen molar-refractivity contribution in [2.75, 3.05) is 0 Å². The number of carbonyl (C=O) groups excluding carboxylic acids is 1. The number of ether oxygens (including phenoxy) is 2. The van der Waals surface area contributed by atoms with Gasteiger partial charge in [0.25, 0.3) is 5.91 Å². The van der Waals surface area contributed by atoms with Crippen LogP contribution in [0.2, 0.25) is 0 Å². The van der Waals surface area contributed by atoms with Crippen LogP contribution >= 0.6 is 0 Å². The molecule has 0 aliphatic heterocycles. The van der Waals surface area contributed by atoms with Crippen molar-refractivity contribution in [3.05, 3.63) is 130 Å². The van der Waals surface area contributed by atoms with E-state index < -0.39 is 82.6 Å². The summed E-state index contributed by atoms with van der Waals surface area (Å²) in [5.74, 6) is -6.47. The third kappa shape index (κ3) is 8.35. The molecular formula is C33H25F10NO3. The van der Waals surface area contributed by atoms with Crippen molar-refractivity contribution in [2.24, 2.45) is 0 Å². The van der Waals surface area contributed by atoms with E-state index in [2.05, 4.69) is 10.1 Å². The molecule has 0 spiro atoms. The van der Waals surface area contributed by atoms with Crippen molar-refractivity contribution < 1.29 is 58.2 Å². The summed E-state index contributed by atoms with van der Waals surface area (Å²) in [6.07, 6.45) is -15.5. The van der Waals surface area contributed by atoms with E-state index in [1.54, 1.807) is 32.0 Å². The minimum atomic E-state index is -5.08. The number of halogens is 10. The topological polar surface area (TPSA) is 47.6 Å². The molecule has 250 valence electrons. The summed E-state index contributed by atoms with van der Waals surface area (Å²) in [5.41, 5.74) is -4.75. The molecule has 1 amide bonds. The average Bonchev–Trinajstić information content (AvgIpc) is 2.96. The van der Waals surface area contributed by atoms with Gasteiger partial charge in [0.2, 0.25) is 0 Å². The maximum atomic E-state index is 15.1. The number of amides is 1. The average molecular weight is 674 g/mol. The van der Waals surface area contributed by atoms with Gasteiger partial charge >= 0.3 is 18.7 Å². The molecule has 0 fully saturated rings. The first kappa shape index (κ1) is 35.1. The second kappa shape index (κ2) is 13.5. The summed E-state index contributed by atoms with van der Waals surface area (Å²) >= 11 is 0. The highest BCUT2D eigenvalue weighted by Gasteiger charge is 2.45. The summed E-state index contributed by atoms with van der Waals surface area (Å²) in [5, 5.41) is 2.47. The van der Waals surface area contributed by atoms with Gasteiger partial charge in [0.05, 0.1) is 17.2 Å². The second-order valence-electron chi connectivity index (χ2n) is 10.7. The number of alkyl halides is 7. The first-order valence-electron chi connectivity index (χ1n) is 13.8. The fraction of sp³-hybridized carbons (Fsp3) is 0.242. The monoisotopic (exact) mass is 673 g/mol. The summed E-state index contributed by atoms with van der Waals surface area (Å²) in [6, 6.07) is 13.7. The molecule has 0 radical (unpaired) electrons. The van der Waals surface area contributed by atoms with Crippen LogP contribution in [0.5, 0.6) is 11.5 Å². The first-order chi connectivity index (χ1) is 21.9. The van der Waals surface area contributed by atoms with Gasteiger partial charge in [0.1, 0.15) is 17.4 Å². The zero-order valence-electron chi connectivity index (χ0n) is 24.4. The van der Waals surface area contributed by atoms with Gasteiger partial charge in [-0.3, -0.25) is 4.79 Å². The molecular weight excluding hydrogens is 648 g/mol. The Bertz CT molecular complexity index is 1730. The lowest BCUT2D eigenvalue weighted by atomic mass is 9.77. The molecule has 1 unspecified atom stereocenters. The van der Waals surface area contributed by atoms with Crippen LogP contribution < -0.4 is 14.8 Å². The van der Waals surface area contributed by atoms with Crippen LogP contribution in [0.1, 0.15) is 46.5 Å². The molecule has 0 saturated carbocycles. The van der Waals surface area contributed by atoms with E-state index in [9.17, 15) is 44.3 Å². The molecule has 0 aromatic heterocycles. The predicted molar refractivity (Wildman–Crippen MR) is 150 cm³/mol. The van der Waals surface area contributed by atoms with E-state index in [4.69, 9.17) is 4.74 Å². The number of nitrogens with one attached hydrogen (secondary N) is 1. The Labute approximate surface area is 261 Å². The molecule has 14 heteroatoms. The zero-order valence-corrected chi connectivity index (χ0v) is 24.4. The van der Waals surface area contributed by atoms with Crippen molar-refractivity contribution in [1.29, 1.82) is 0 Å². The Hall–Kier alpha value is -4.75. The summed E-state index contributed by atoms with van der Waals surface area (Å²) < 4.78 is 148. The van der Waals surface area contributed by atoms with Crippen molar-refractivity contribution in [1.82, 2.24) is 5.32 Å². The summed E-state index contributed by atoms with van der Waals surface area (Å²) in [7, 11) is 0. The molecule has 0 aliphatic rings. The molecule has 0 heterocycles. The Morgan fingerprint density at radius 3 is 2.02 bits per heavy atom. The molecule has 4 rings (SSSR count). The van der Waals surface area contributed by atoms with Gasteiger partial charge in [-0.15, -0.1) is 0 Å². The molecule has 1 N–H and O–H groups in total. The highest BCUT2D eigenvalue weighted by molar-refractivity contribution is 5.95. The van der Waals surface area contributed by atoms with Crippen molar-refractivity contribution >= 4 is 5.91 Å². The third-order valence-corrected chi connectivity index (χ3v) is 6.79. The summed E-state index contributed by atoms with van der Waals surface area (Å²) in [4.78, 5) is 13.8. The fourth-order valence-corrected chi connectivity index (χ4v) is 4.79. The van der Waals surface area contributed by atoms with Crippen LogP contribution in [-0.2, 0) is 18.1 Å². The van der Waals surface area contributed by atoms with E-state index >= 15 is 4.39 Å². The molecule has 0 aliphatic carbocycles. The number of carbonyl (C=O) groups is 1. The SMILES string of the molecule is CC(C)Oc1cc(C(Cc2ccccc2)(NC(=O)c2cc(F)cc(C(F)(F)F)c2)c2cc(F)cc(OC(F)(F)C(F)F)c2)ccc1F. The lowest BCUT2D eigenvalue weighted by Crippen LogP contribution is -2.49.